The fourth-order valence-electron chi connectivity index (χ4n) is 1.59. The molecule has 1 heterocycles. The lowest BCUT2D eigenvalue weighted by atomic mass is 10.2. The van der Waals surface area contributed by atoms with Crippen LogP contribution in [0, 0.1) is 8.34 Å². The van der Waals surface area contributed by atoms with Crippen LogP contribution in [-0.2, 0) is 0 Å². The third kappa shape index (κ3) is 2.50. The number of allylic oxidation sites excluding steroid dienone is 1. The van der Waals surface area contributed by atoms with E-state index in [4.69, 9.17) is 12.2 Å². The second kappa shape index (κ2) is 5.14. The third-order valence-electron chi connectivity index (χ3n) is 2.56. The van der Waals surface area contributed by atoms with Gasteiger partial charge in [-0.25, -0.2) is 0 Å². The van der Waals surface area contributed by atoms with E-state index in [1.165, 1.54) is 3.57 Å². The van der Waals surface area contributed by atoms with Crippen molar-refractivity contribution in [3.8, 4) is 11.4 Å². The standard InChI is InChI=1S/C12H12IN3S/c1-3-8(2)16-11(14-15-12(16)17)9-4-6-10(13)7-5-9/h3-8H,1H2,2H3,(H,15,17). The number of aromatic amines is 1. The quantitative estimate of drug-likeness (QED) is 0.513. The van der Waals surface area contributed by atoms with Gasteiger partial charge < -0.3 is 0 Å². The Labute approximate surface area is 119 Å². The largest absolute Gasteiger partial charge is 0.293 e. The van der Waals surface area contributed by atoms with Crippen LogP contribution < -0.4 is 0 Å². The predicted molar refractivity (Wildman–Crippen MR) is 80.5 cm³/mol. The number of rotatable bonds is 3. The van der Waals surface area contributed by atoms with E-state index in [-0.39, 0.29) is 6.04 Å². The van der Waals surface area contributed by atoms with Crippen molar-refractivity contribution in [3.05, 3.63) is 45.3 Å². The zero-order valence-corrected chi connectivity index (χ0v) is 12.3. The SMILES string of the molecule is C=CC(C)n1c(-c2ccc(I)cc2)n[nH]c1=S. The zero-order chi connectivity index (χ0) is 12.4. The van der Waals surface area contributed by atoms with Crippen LogP contribution in [0.25, 0.3) is 11.4 Å². The predicted octanol–water partition coefficient (Wildman–Crippen LogP) is 3.96. The summed E-state index contributed by atoms with van der Waals surface area (Å²) in [7, 11) is 0. The summed E-state index contributed by atoms with van der Waals surface area (Å²) in [6, 6.07) is 8.31. The van der Waals surface area contributed by atoms with Gasteiger partial charge >= 0.3 is 0 Å². The summed E-state index contributed by atoms with van der Waals surface area (Å²) in [4.78, 5) is 0. The first-order valence-corrected chi connectivity index (χ1v) is 6.67. The first-order valence-electron chi connectivity index (χ1n) is 5.19. The van der Waals surface area contributed by atoms with Crippen LogP contribution >= 0.6 is 34.8 Å². The summed E-state index contributed by atoms with van der Waals surface area (Å²) in [5.74, 6) is 0.846. The molecule has 1 aromatic heterocycles. The minimum atomic E-state index is 0.121. The van der Waals surface area contributed by atoms with Crippen molar-refractivity contribution in [2.45, 2.75) is 13.0 Å². The van der Waals surface area contributed by atoms with Crippen LogP contribution in [0.2, 0.25) is 0 Å². The minimum Gasteiger partial charge on any atom is -0.293 e. The van der Waals surface area contributed by atoms with E-state index in [2.05, 4.69) is 51.5 Å². The molecule has 5 heteroatoms. The van der Waals surface area contributed by atoms with E-state index >= 15 is 0 Å². The fraction of sp³-hybridized carbons (Fsp3) is 0.167. The molecule has 88 valence electrons. The van der Waals surface area contributed by atoms with Crippen molar-refractivity contribution < 1.29 is 0 Å². The molecule has 1 atom stereocenters. The smallest absolute Gasteiger partial charge is 0.195 e. The maximum Gasteiger partial charge on any atom is 0.195 e. The first-order chi connectivity index (χ1) is 8.13. The molecule has 0 radical (unpaired) electrons. The molecule has 2 rings (SSSR count). The Morgan fingerprint density at radius 3 is 2.71 bits per heavy atom. The molecule has 3 nitrogen and oxygen atoms in total. The van der Waals surface area contributed by atoms with Crippen molar-refractivity contribution in [2.24, 2.45) is 0 Å². The van der Waals surface area contributed by atoms with Gasteiger partial charge in [0, 0.05) is 9.13 Å². The lowest BCUT2D eigenvalue weighted by Gasteiger charge is -2.11. The highest BCUT2D eigenvalue weighted by Crippen LogP contribution is 2.22. The molecule has 0 aliphatic rings. The van der Waals surface area contributed by atoms with Gasteiger partial charge in [0.25, 0.3) is 0 Å². The number of hydrogen-bond acceptors (Lipinski definition) is 2. The van der Waals surface area contributed by atoms with Gasteiger partial charge in [0.1, 0.15) is 0 Å². The van der Waals surface area contributed by atoms with Gasteiger partial charge in [0.2, 0.25) is 0 Å². The van der Waals surface area contributed by atoms with Crippen LogP contribution in [0.1, 0.15) is 13.0 Å². The molecule has 0 fully saturated rings. The highest BCUT2D eigenvalue weighted by molar-refractivity contribution is 14.1. The molecule has 0 saturated heterocycles. The average Bonchev–Trinajstić information content (AvgIpc) is 2.71. The Morgan fingerprint density at radius 1 is 1.47 bits per heavy atom. The summed E-state index contributed by atoms with van der Waals surface area (Å²) < 4.78 is 3.78. The van der Waals surface area contributed by atoms with E-state index in [9.17, 15) is 0 Å². The summed E-state index contributed by atoms with van der Waals surface area (Å²) in [6.07, 6.45) is 1.85. The van der Waals surface area contributed by atoms with Crippen LogP contribution in [0.3, 0.4) is 0 Å². The highest BCUT2D eigenvalue weighted by Gasteiger charge is 2.11. The van der Waals surface area contributed by atoms with E-state index in [1.807, 2.05) is 29.7 Å². The van der Waals surface area contributed by atoms with Crippen molar-refractivity contribution in [1.82, 2.24) is 14.8 Å². The molecule has 1 aromatic carbocycles. The normalized spacial score (nSPS) is 12.4. The molecule has 0 bridgehead atoms. The molecular formula is C12H12IN3S. The molecule has 0 spiro atoms. The van der Waals surface area contributed by atoms with Crippen molar-refractivity contribution >= 4 is 34.8 Å². The van der Waals surface area contributed by atoms with Gasteiger partial charge in [-0.15, -0.1) is 6.58 Å². The molecule has 2 aromatic rings. The molecular weight excluding hydrogens is 345 g/mol. The first kappa shape index (κ1) is 12.5. The third-order valence-corrected chi connectivity index (χ3v) is 3.56. The molecule has 1 unspecified atom stereocenters. The number of nitrogens with zero attached hydrogens (tertiary/aromatic N) is 2. The van der Waals surface area contributed by atoms with Gasteiger partial charge in [-0.1, -0.05) is 18.2 Å². The minimum absolute atomic E-state index is 0.121. The Bertz CT molecular complexity index is 583. The number of H-pyrrole nitrogens is 1. The number of hydrogen-bond donors (Lipinski definition) is 1. The summed E-state index contributed by atoms with van der Waals surface area (Å²) >= 11 is 7.52. The Kier molecular flexibility index (Phi) is 3.78. The molecule has 0 aliphatic heterocycles. The van der Waals surface area contributed by atoms with E-state index in [0.29, 0.717) is 4.77 Å². The topological polar surface area (TPSA) is 33.6 Å². The molecule has 0 aliphatic carbocycles. The number of aromatic nitrogens is 3. The molecule has 0 amide bonds. The molecule has 17 heavy (non-hydrogen) atoms. The van der Waals surface area contributed by atoms with Gasteiger partial charge in [0.05, 0.1) is 6.04 Å². The number of benzene rings is 1. The zero-order valence-electron chi connectivity index (χ0n) is 9.35. The second-order valence-corrected chi connectivity index (χ2v) is 5.34. The molecule has 0 saturated carbocycles. The average molecular weight is 357 g/mol. The monoisotopic (exact) mass is 357 g/mol. The fourth-order valence-corrected chi connectivity index (χ4v) is 2.25. The Hall–Kier alpha value is -0.950. The Morgan fingerprint density at radius 2 is 2.12 bits per heavy atom. The van der Waals surface area contributed by atoms with Crippen molar-refractivity contribution in [2.75, 3.05) is 0 Å². The van der Waals surface area contributed by atoms with Gasteiger partial charge in [-0.05, 0) is 53.9 Å². The van der Waals surface area contributed by atoms with Crippen LogP contribution in [0.5, 0.6) is 0 Å². The van der Waals surface area contributed by atoms with Gasteiger partial charge in [-0.3, -0.25) is 9.67 Å². The van der Waals surface area contributed by atoms with Crippen LogP contribution in [-0.4, -0.2) is 14.8 Å². The lowest BCUT2D eigenvalue weighted by Crippen LogP contribution is -2.04. The Balaban J connectivity index is 2.56. The summed E-state index contributed by atoms with van der Waals surface area (Å²) in [6.45, 7) is 5.83. The number of nitrogens with one attached hydrogen (secondary N) is 1. The molecule has 1 N–H and O–H groups in total. The second-order valence-electron chi connectivity index (χ2n) is 3.71. The van der Waals surface area contributed by atoms with E-state index in [0.717, 1.165) is 11.4 Å². The highest BCUT2D eigenvalue weighted by atomic mass is 127. The van der Waals surface area contributed by atoms with E-state index in [1.54, 1.807) is 0 Å². The van der Waals surface area contributed by atoms with E-state index < -0.39 is 0 Å². The van der Waals surface area contributed by atoms with Crippen LogP contribution in [0.4, 0.5) is 0 Å². The van der Waals surface area contributed by atoms with Crippen molar-refractivity contribution in [3.63, 3.8) is 0 Å². The number of halogens is 1. The maximum atomic E-state index is 5.24. The van der Waals surface area contributed by atoms with Gasteiger partial charge in [-0.2, -0.15) is 5.10 Å². The summed E-state index contributed by atoms with van der Waals surface area (Å²) in [5.41, 5.74) is 1.05. The lowest BCUT2D eigenvalue weighted by molar-refractivity contribution is 0.657. The van der Waals surface area contributed by atoms with Crippen molar-refractivity contribution in [1.29, 1.82) is 0 Å². The van der Waals surface area contributed by atoms with Gasteiger partial charge in [0.15, 0.2) is 10.6 Å². The van der Waals surface area contributed by atoms with Crippen LogP contribution in [0.15, 0.2) is 36.9 Å². The summed E-state index contributed by atoms with van der Waals surface area (Å²) in [5, 5.41) is 7.11. The maximum absolute atomic E-state index is 5.24.